The van der Waals surface area contributed by atoms with Gasteiger partial charge in [0.15, 0.2) is 0 Å². The molecule has 0 bridgehead atoms. The highest BCUT2D eigenvalue weighted by Gasteiger charge is 2.31. The minimum atomic E-state index is -4.08. The van der Waals surface area contributed by atoms with Gasteiger partial charge in [0.2, 0.25) is 0 Å². The topological polar surface area (TPSA) is 105 Å². The quantitative estimate of drug-likeness (QED) is 0.531. The van der Waals surface area contributed by atoms with Crippen LogP contribution in [-0.2, 0) is 10.1 Å². The minimum Gasteiger partial charge on any atom is -0.322 e. The van der Waals surface area contributed by atoms with Gasteiger partial charge in [-0.05, 0) is 23.8 Å². The number of rotatable bonds is 8. The van der Waals surface area contributed by atoms with E-state index in [1.165, 1.54) is 13.1 Å². The highest BCUT2D eigenvalue weighted by atomic mass is 32.2. The number of nitrogens with zero attached hydrogens (tertiary/aromatic N) is 2. The van der Waals surface area contributed by atoms with Gasteiger partial charge in [-0.1, -0.05) is 34.1 Å². The lowest BCUT2D eigenvalue weighted by Crippen LogP contribution is -2.39. The molecule has 0 fully saturated rings. The Balaban J connectivity index is 5.18. The molecule has 0 radical (unpaired) electrons. The second-order valence-corrected chi connectivity index (χ2v) is 7.36. The molecule has 1 unspecified atom stereocenters. The molecule has 0 aliphatic carbocycles. The molecule has 3 N–H and O–H groups in total. The average Bonchev–Trinajstić information content (AvgIpc) is 2.31. The zero-order chi connectivity index (χ0) is 16.0. The predicted molar refractivity (Wildman–Crippen MR) is 81.1 cm³/mol. The van der Waals surface area contributed by atoms with Gasteiger partial charge < -0.3 is 5.73 Å². The van der Waals surface area contributed by atoms with Crippen LogP contribution in [0, 0.1) is 11.3 Å². The summed E-state index contributed by atoms with van der Waals surface area (Å²) < 4.78 is 30.5. The third-order valence-electron chi connectivity index (χ3n) is 3.45. The lowest BCUT2D eigenvalue weighted by atomic mass is 9.75. The van der Waals surface area contributed by atoms with Crippen LogP contribution >= 0.6 is 0 Å². The van der Waals surface area contributed by atoms with Crippen molar-refractivity contribution in [3.63, 3.8) is 0 Å². The van der Waals surface area contributed by atoms with Crippen molar-refractivity contribution in [2.45, 2.75) is 46.6 Å². The first-order valence-electron chi connectivity index (χ1n) is 6.74. The maximum Gasteiger partial charge on any atom is 0.268 e. The number of azo groups is 1. The van der Waals surface area contributed by atoms with Crippen LogP contribution in [0.3, 0.4) is 0 Å². The molecule has 0 aromatic carbocycles. The van der Waals surface area contributed by atoms with Crippen LogP contribution in [0.4, 0.5) is 0 Å². The van der Waals surface area contributed by atoms with Crippen molar-refractivity contribution in [3.05, 3.63) is 11.8 Å². The van der Waals surface area contributed by atoms with Crippen LogP contribution in [0.25, 0.3) is 0 Å². The summed E-state index contributed by atoms with van der Waals surface area (Å²) in [6, 6.07) is -0.443. The van der Waals surface area contributed by atoms with E-state index < -0.39 is 21.9 Å². The van der Waals surface area contributed by atoms with Gasteiger partial charge in [0.05, 0.1) is 17.5 Å². The molecule has 7 heteroatoms. The Labute approximate surface area is 122 Å². The van der Waals surface area contributed by atoms with Crippen molar-refractivity contribution < 1.29 is 13.0 Å². The van der Waals surface area contributed by atoms with Gasteiger partial charge in [0, 0.05) is 7.05 Å². The monoisotopic (exact) mass is 305 g/mol. The summed E-state index contributed by atoms with van der Waals surface area (Å²) in [5, 5.41) is 7.58. The molecule has 0 spiro atoms. The highest BCUT2D eigenvalue weighted by Crippen LogP contribution is 2.33. The molecule has 0 rings (SSSR count). The van der Waals surface area contributed by atoms with E-state index in [4.69, 9.17) is 10.3 Å². The Bertz CT molecular complexity index is 455. The fraction of sp³-hybridized carbons (Fsp3) is 0.846. The lowest BCUT2D eigenvalue weighted by Gasteiger charge is -2.33. The third kappa shape index (κ3) is 7.12. The maximum atomic E-state index is 10.8. The summed E-state index contributed by atoms with van der Waals surface area (Å²) in [5.74, 6) is 0.00603. The van der Waals surface area contributed by atoms with Crippen LogP contribution in [0.2, 0.25) is 0 Å². The zero-order valence-electron chi connectivity index (χ0n) is 13.0. The molecule has 0 aromatic heterocycles. The molecule has 0 heterocycles. The van der Waals surface area contributed by atoms with Crippen LogP contribution in [-0.4, -0.2) is 31.8 Å². The second kappa shape index (κ2) is 7.85. The average molecular weight is 305 g/mol. The Morgan fingerprint density at radius 3 is 2.40 bits per heavy atom. The molecule has 118 valence electrons. The number of hydrogen-bond donors (Lipinski definition) is 2. The van der Waals surface area contributed by atoms with E-state index in [1.54, 1.807) is 0 Å². The van der Waals surface area contributed by atoms with E-state index in [-0.39, 0.29) is 5.41 Å². The van der Waals surface area contributed by atoms with Gasteiger partial charge in [-0.3, -0.25) is 4.55 Å². The van der Waals surface area contributed by atoms with Crippen molar-refractivity contribution in [2.24, 2.45) is 27.3 Å². The Hall–Kier alpha value is -0.790. The van der Waals surface area contributed by atoms with Crippen molar-refractivity contribution in [2.75, 3.05) is 12.8 Å². The Kier molecular flexibility index (Phi) is 7.54. The number of hydrogen-bond acceptors (Lipinski definition) is 5. The van der Waals surface area contributed by atoms with E-state index in [0.717, 1.165) is 12.8 Å². The van der Waals surface area contributed by atoms with Gasteiger partial charge in [-0.15, -0.1) is 0 Å². The molecule has 0 saturated carbocycles. The predicted octanol–water partition coefficient (Wildman–Crippen LogP) is 2.63. The first-order chi connectivity index (χ1) is 9.03. The first kappa shape index (κ1) is 19.2. The fourth-order valence-corrected chi connectivity index (χ4v) is 2.49. The maximum absolute atomic E-state index is 10.8. The first-order valence-corrected chi connectivity index (χ1v) is 8.35. The molecule has 0 aliphatic heterocycles. The minimum absolute atomic E-state index is 0.241. The molecule has 0 amide bonds. The molecular weight excluding hydrogens is 278 g/mol. The van der Waals surface area contributed by atoms with Gasteiger partial charge >= 0.3 is 0 Å². The summed E-state index contributed by atoms with van der Waals surface area (Å²) in [4.78, 5) is 0. The lowest BCUT2D eigenvalue weighted by molar-refractivity contribution is 0.237. The molecule has 0 aliphatic rings. The fourth-order valence-electron chi connectivity index (χ4n) is 2.11. The zero-order valence-corrected chi connectivity index (χ0v) is 13.8. The van der Waals surface area contributed by atoms with Crippen molar-refractivity contribution in [1.29, 1.82) is 0 Å². The third-order valence-corrected chi connectivity index (χ3v) is 4.04. The van der Waals surface area contributed by atoms with Crippen molar-refractivity contribution in [1.82, 2.24) is 0 Å². The van der Waals surface area contributed by atoms with Gasteiger partial charge in [-0.2, -0.15) is 18.6 Å². The van der Waals surface area contributed by atoms with Crippen LogP contribution in [0.15, 0.2) is 22.0 Å². The normalized spacial score (nSPS) is 17.4. The largest absolute Gasteiger partial charge is 0.322 e. The van der Waals surface area contributed by atoms with E-state index in [1.807, 2.05) is 13.8 Å². The number of nitrogens with two attached hydrogens (primary N) is 1. The summed E-state index contributed by atoms with van der Waals surface area (Å²) in [6.45, 7) is 8.32. The molecule has 6 nitrogen and oxygen atoms in total. The summed E-state index contributed by atoms with van der Waals surface area (Å²) in [7, 11) is -2.58. The molecule has 0 saturated heterocycles. The molecule has 2 atom stereocenters. The van der Waals surface area contributed by atoms with Crippen LogP contribution in [0.1, 0.15) is 40.5 Å². The van der Waals surface area contributed by atoms with Crippen LogP contribution in [0.5, 0.6) is 0 Å². The van der Waals surface area contributed by atoms with E-state index in [0.29, 0.717) is 11.6 Å². The molecule has 20 heavy (non-hydrogen) atoms. The summed E-state index contributed by atoms with van der Waals surface area (Å²) in [5.41, 5.74) is 6.36. The van der Waals surface area contributed by atoms with Crippen molar-refractivity contribution >= 4 is 10.1 Å². The van der Waals surface area contributed by atoms with Gasteiger partial charge in [0.1, 0.15) is 0 Å². The molecule has 0 aromatic rings. The summed E-state index contributed by atoms with van der Waals surface area (Å²) in [6.07, 6.45) is 3.27. The van der Waals surface area contributed by atoms with Gasteiger partial charge in [0.25, 0.3) is 10.1 Å². The smallest absolute Gasteiger partial charge is 0.268 e. The van der Waals surface area contributed by atoms with E-state index in [2.05, 4.69) is 24.1 Å². The standard InChI is InChI=1S/C13H27N3O3S/c1-6-10(2)9-13(3,4)12(14)11(16-15-5)7-8-20(17,18)19/h7,10,12H,6,8-9,14H2,1-5H3,(H,17,18,19)/b11-7+,16-15?/t10?,12-/m0/s1. The molecular formula is C13H27N3O3S. The van der Waals surface area contributed by atoms with Crippen LogP contribution < -0.4 is 5.73 Å². The van der Waals surface area contributed by atoms with Crippen molar-refractivity contribution in [3.8, 4) is 0 Å². The second-order valence-electron chi connectivity index (χ2n) is 5.86. The Morgan fingerprint density at radius 1 is 1.45 bits per heavy atom. The van der Waals surface area contributed by atoms with E-state index in [9.17, 15) is 8.42 Å². The van der Waals surface area contributed by atoms with Gasteiger partial charge in [-0.25, -0.2) is 0 Å². The summed E-state index contributed by atoms with van der Waals surface area (Å²) >= 11 is 0. The highest BCUT2D eigenvalue weighted by molar-refractivity contribution is 7.85. The van der Waals surface area contributed by atoms with E-state index >= 15 is 0 Å². The Morgan fingerprint density at radius 2 is 2.00 bits per heavy atom. The SMILES string of the molecule is CCC(C)CC(C)(C)[C@@H](N)/C(=C\CS(=O)(=O)O)N=NC.